The highest BCUT2D eigenvalue weighted by Crippen LogP contribution is 2.28. The van der Waals surface area contributed by atoms with E-state index in [1.807, 2.05) is 12.3 Å². The van der Waals surface area contributed by atoms with Crippen molar-refractivity contribution in [1.29, 1.82) is 0 Å². The molecule has 26 heavy (non-hydrogen) atoms. The van der Waals surface area contributed by atoms with Gasteiger partial charge in [-0.3, -0.25) is 4.79 Å². The topological polar surface area (TPSA) is 39.4 Å². The van der Waals surface area contributed by atoms with E-state index >= 15 is 0 Å². The summed E-state index contributed by atoms with van der Waals surface area (Å²) in [6.07, 6.45) is 6.24. The lowest BCUT2D eigenvalue weighted by Gasteiger charge is -2.32. The molecule has 0 N–H and O–H groups in total. The van der Waals surface area contributed by atoms with Crippen LogP contribution >= 0.6 is 0 Å². The molecule has 0 saturated carbocycles. The summed E-state index contributed by atoms with van der Waals surface area (Å²) in [6, 6.07) is 13.7. The lowest BCUT2D eigenvalue weighted by molar-refractivity contribution is 0.0996. The molecule has 1 aliphatic rings. The first-order valence-corrected chi connectivity index (χ1v) is 9.29. The first kappa shape index (κ1) is 16.9. The van der Waals surface area contributed by atoms with E-state index in [1.54, 1.807) is 16.7 Å². The highest BCUT2D eigenvalue weighted by molar-refractivity contribution is 5.86. The van der Waals surface area contributed by atoms with Gasteiger partial charge in [0.2, 0.25) is 0 Å². The Kier molecular flexibility index (Phi) is 4.80. The number of piperidine rings is 1. The number of hydrogen-bond acceptors (Lipinski definition) is 3. The molecule has 0 radical (unpaired) electrons. The fourth-order valence-electron chi connectivity index (χ4n) is 3.70. The zero-order valence-electron chi connectivity index (χ0n) is 15.2. The molecule has 5 heteroatoms. The highest BCUT2D eigenvalue weighted by atomic mass is 16.5. The van der Waals surface area contributed by atoms with Crippen LogP contribution in [0.3, 0.4) is 0 Å². The highest BCUT2D eigenvalue weighted by Gasteiger charge is 2.21. The Balaban J connectivity index is 1.32. The third-order valence-corrected chi connectivity index (χ3v) is 5.27. The summed E-state index contributed by atoms with van der Waals surface area (Å²) >= 11 is 0. The number of pyridine rings is 1. The fraction of sp³-hybridized carbons (Fsp3) is 0.381. The van der Waals surface area contributed by atoms with Crippen LogP contribution in [0, 0.1) is 0 Å². The molecule has 0 spiro atoms. The monoisotopic (exact) mass is 351 g/mol. The Labute approximate surface area is 153 Å². The van der Waals surface area contributed by atoms with Crippen molar-refractivity contribution in [1.82, 2.24) is 14.0 Å². The Morgan fingerprint density at radius 2 is 1.85 bits per heavy atom. The van der Waals surface area contributed by atoms with Crippen LogP contribution in [0.4, 0.5) is 0 Å². The molecule has 5 nitrogen and oxygen atoms in total. The molecule has 4 rings (SSSR count). The smallest absolute Gasteiger partial charge is 0.250 e. The molecular weight excluding hydrogens is 326 g/mol. The maximum atomic E-state index is 11.8. The third-order valence-electron chi connectivity index (χ3n) is 5.27. The summed E-state index contributed by atoms with van der Waals surface area (Å²) in [5, 5.41) is 1.18. The molecule has 0 aliphatic carbocycles. The summed E-state index contributed by atoms with van der Waals surface area (Å²) in [6.45, 7) is 3.67. The van der Waals surface area contributed by atoms with Crippen LogP contribution in [-0.4, -0.2) is 39.8 Å². The van der Waals surface area contributed by atoms with Crippen LogP contribution in [0.25, 0.3) is 10.9 Å². The largest absolute Gasteiger partial charge is 0.490 e. The summed E-state index contributed by atoms with van der Waals surface area (Å²) < 4.78 is 10.2. The zero-order valence-corrected chi connectivity index (χ0v) is 15.2. The van der Waals surface area contributed by atoms with Gasteiger partial charge in [-0.25, -0.2) is 0 Å². The van der Waals surface area contributed by atoms with E-state index in [0.717, 1.165) is 44.8 Å². The van der Waals surface area contributed by atoms with Crippen molar-refractivity contribution in [2.45, 2.75) is 25.5 Å². The van der Waals surface area contributed by atoms with Crippen molar-refractivity contribution < 1.29 is 4.74 Å². The van der Waals surface area contributed by atoms with Gasteiger partial charge in [-0.05, 0) is 37.1 Å². The minimum atomic E-state index is 0.0710. The van der Waals surface area contributed by atoms with Gasteiger partial charge in [0.25, 0.3) is 5.56 Å². The van der Waals surface area contributed by atoms with Crippen LogP contribution in [-0.2, 0) is 13.6 Å². The summed E-state index contributed by atoms with van der Waals surface area (Å²) in [5.41, 5.74) is 1.27. The molecule has 3 aromatic rings. The van der Waals surface area contributed by atoms with E-state index in [-0.39, 0.29) is 11.7 Å². The van der Waals surface area contributed by atoms with Crippen molar-refractivity contribution in [3.8, 4) is 5.75 Å². The lowest BCUT2D eigenvalue weighted by Crippen LogP contribution is -2.40. The molecule has 3 heterocycles. The Hall–Kier alpha value is -2.53. The van der Waals surface area contributed by atoms with E-state index in [1.165, 1.54) is 10.9 Å². The number of rotatable bonds is 5. The third kappa shape index (κ3) is 3.53. The molecule has 2 aromatic heterocycles. The molecule has 136 valence electrons. The Morgan fingerprint density at radius 3 is 2.65 bits per heavy atom. The summed E-state index contributed by atoms with van der Waals surface area (Å²) in [7, 11) is 2.06. The van der Waals surface area contributed by atoms with E-state index in [2.05, 4.69) is 47.0 Å². The number of aromatic nitrogens is 2. The van der Waals surface area contributed by atoms with Crippen LogP contribution in [0.5, 0.6) is 5.75 Å². The van der Waals surface area contributed by atoms with E-state index in [0.29, 0.717) is 0 Å². The molecule has 0 unspecified atom stereocenters. The molecular formula is C21H25N3O2. The van der Waals surface area contributed by atoms with Gasteiger partial charge in [0.05, 0.1) is 5.52 Å². The zero-order chi connectivity index (χ0) is 17.9. The number of likely N-dealkylation sites (tertiary alicyclic amines) is 1. The summed E-state index contributed by atoms with van der Waals surface area (Å²) in [4.78, 5) is 14.2. The predicted octanol–water partition coefficient (Wildman–Crippen LogP) is 2.88. The van der Waals surface area contributed by atoms with Crippen LogP contribution in [0.2, 0.25) is 0 Å². The normalized spacial score (nSPS) is 16.2. The van der Waals surface area contributed by atoms with E-state index in [9.17, 15) is 4.79 Å². The molecule has 0 bridgehead atoms. The van der Waals surface area contributed by atoms with Crippen molar-refractivity contribution in [3.63, 3.8) is 0 Å². The van der Waals surface area contributed by atoms with Gasteiger partial charge in [0.1, 0.15) is 11.9 Å². The molecule has 0 amide bonds. The number of nitrogens with zero attached hydrogens (tertiary/aromatic N) is 3. The van der Waals surface area contributed by atoms with E-state index in [4.69, 9.17) is 4.74 Å². The fourth-order valence-corrected chi connectivity index (χ4v) is 3.70. The average molecular weight is 351 g/mol. The maximum absolute atomic E-state index is 11.8. The minimum Gasteiger partial charge on any atom is -0.490 e. The molecule has 0 atom stereocenters. The molecule has 1 fully saturated rings. The first-order valence-electron chi connectivity index (χ1n) is 9.29. The van der Waals surface area contributed by atoms with Gasteiger partial charge in [-0.2, -0.15) is 0 Å². The van der Waals surface area contributed by atoms with Gasteiger partial charge in [-0.1, -0.05) is 12.1 Å². The second-order valence-electron chi connectivity index (χ2n) is 7.01. The van der Waals surface area contributed by atoms with Crippen molar-refractivity contribution >= 4 is 10.9 Å². The Morgan fingerprint density at radius 1 is 1.00 bits per heavy atom. The van der Waals surface area contributed by atoms with Crippen molar-refractivity contribution in [2.75, 3.05) is 19.6 Å². The van der Waals surface area contributed by atoms with Crippen LogP contribution < -0.4 is 10.3 Å². The number of ether oxygens (including phenoxy) is 1. The van der Waals surface area contributed by atoms with Crippen molar-refractivity contribution in [3.05, 3.63) is 65.2 Å². The SMILES string of the molecule is Cn1ccc2c(OC3CCN(CCn4ccccc4=O)CC3)cccc21. The second kappa shape index (κ2) is 7.38. The average Bonchev–Trinajstić information content (AvgIpc) is 3.05. The predicted molar refractivity (Wildman–Crippen MR) is 104 cm³/mol. The standard InChI is InChI=1S/C21H25N3O2/c1-22-12-10-18-19(22)5-4-6-20(18)26-17-8-13-23(14-9-17)15-16-24-11-3-2-7-21(24)25/h2-7,10-12,17H,8-9,13-16H2,1H3. The number of hydrogen-bond donors (Lipinski definition) is 0. The maximum Gasteiger partial charge on any atom is 0.250 e. The van der Waals surface area contributed by atoms with Gasteiger partial charge in [0.15, 0.2) is 0 Å². The van der Waals surface area contributed by atoms with Gasteiger partial charge in [0, 0.05) is 57.1 Å². The number of aryl methyl sites for hydroxylation is 1. The van der Waals surface area contributed by atoms with Crippen LogP contribution in [0.1, 0.15) is 12.8 Å². The molecule has 1 saturated heterocycles. The quantitative estimate of drug-likeness (QED) is 0.710. The lowest BCUT2D eigenvalue weighted by atomic mass is 10.1. The first-order chi connectivity index (χ1) is 12.7. The Bertz CT molecular complexity index is 936. The van der Waals surface area contributed by atoms with Gasteiger partial charge >= 0.3 is 0 Å². The van der Waals surface area contributed by atoms with Gasteiger partial charge in [-0.15, -0.1) is 0 Å². The summed E-state index contributed by atoms with van der Waals surface area (Å²) in [5.74, 6) is 0.984. The van der Waals surface area contributed by atoms with Gasteiger partial charge < -0.3 is 18.8 Å². The second-order valence-corrected chi connectivity index (χ2v) is 7.01. The number of benzene rings is 1. The number of fused-ring (bicyclic) bond motifs is 1. The van der Waals surface area contributed by atoms with E-state index < -0.39 is 0 Å². The molecule has 1 aromatic carbocycles. The molecule has 1 aliphatic heterocycles. The van der Waals surface area contributed by atoms with Crippen molar-refractivity contribution in [2.24, 2.45) is 7.05 Å². The minimum absolute atomic E-state index is 0.0710. The van der Waals surface area contributed by atoms with Crippen LogP contribution in [0.15, 0.2) is 59.7 Å².